The lowest BCUT2D eigenvalue weighted by molar-refractivity contribution is -0.132. The van der Waals surface area contributed by atoms with E-state index >= 15 is 0 Å². The van der Waals surface area contributed by atoms with Crippen LogP contribution in [0.25, 0.3) is 0 Å². The van der Waals surface area contributed by atoms with Crippen LogP contribution in [0, 0.1) is 0 Å². The van der Waals surface area contributed by atoms with Gasteiger partial charge in [-0.15, -0.1) is 11.3 Å². The lowest BCUT2D eigenvalue weighted by Crippen LogP contribution is -2.23. The average molecular weight is 289 g/mol. The molecule has 0 unspecified atom stereocenters. The number of thiazole rings is 1. The van der Waals surface area contributed by atoms with Gasteiger partial charge in [-0.2, -0.15) is 13.2 Å². The third kappa shape index (κ3) is 3.83. The van der Waals surface area contributed by atoms with Crippen LogP contribution in [-0.2, 0) is 0 Å². The van der Waals surface area contributed by atoms with Gasteiger partial charge in [-0.1, -0.05) is 0 Å². The van der Waals surface area contributed by atoms with E-state index in [0.29, 0.717) is 9.73 Å². The van der Waals surface area contributed by atoms with Crippen molar-refractivity contribution in [3.05, 3.63) is 9.98 Å². The van der Waals surface area contributed by atoms with Crippen molar-refractivity contribution >= 4 is 32.4 Å². The molecule has 2 nitrogen and oxygen atoms in total. The Morgan fingerprint density at radius 2 is 2.21 bits per heavy atom. The summed E-state index contributed by atoms with van der Waals surface area (Å²) in [5.74, 6) is 0. The number of halogens is 4. The van der Waals surface area contributed by atoms with Gasteiger partial charge in [0.25, 0.3) is 0 Å². The van der Waals surface area contributed by atoms with Crippen LogP contribution in [0.15, 0.2) is 9.98 Å². The Hall–Kier alpha value is -0.300. The number of nitrogens with zero attached hydrogens (tertiary/aromatic N) is 2. The van der Waals surface area contributed by atoms with Crippen molar-refractivity contribution in [1.29, 1.82) is 0 Å². The van der Waals surface area contributed by atoms with Gasteiger partial charge in [-0.25, -0.2) is 4.98 Å². The van der Waals surface area contributed by atoms with Crippen molar-refractivity contribution in [2.24, 2.45) is 0 Å². The summed E-state index contributed by atoms with van der Waals surface area (Å²) in [5, 5.41) is 2.32. The normalized spacial score (nSPS) is 11.8. The van der Waals surface area contributed by atoms with Crippen molar-refractivity contribution in [2.75, 3.05) is 18.5 Å². The topological polar surface area (TPSA) is 16.1 Å². The molecule has 1 aromatic rings. The molecular formula is C7H8BrF3N2S. The summed E-state index contributed by atoms with van der Waals surface area (Å²) in [5.41, 5.74) is 0. The molecule has 0 bridgehead atoms. The first-order valence-electron chi connectivity index (χ1n) is 3.77. The van der Waals surface area contributed by atoms with E-state index in [9.17, 15) is 13.2 Å². The molecular weight excluding hydrogens is 281 g/mol. The lowest BCUT2D eigenvalue weighted by atomic mass is 10.4. The number of aromatic nitrogens is 1. The van der Waals surface area contributed by atoms with E-state index in [2.05, 4.69) is 20.9 Å². The summed E-state index contributed by atoms with van der Waals surface area (Å²) in [6, 6.07) is 0. The van der Waals surface area contributed by atoms with E-state index in [1.807, 2.05) is 0 Å². The molecule has 80 valence electrons. The first kappa shape index (κ1) is 11.8. The van der Waals surface area contributed by atoms with Crippen LogP contribution < -0.4 is 4.90 Å². The zero-order valence-electron chi connectivity index (χ0n) is 7.31. The number of hydrogen-bond donors (Lipinski definition) is 0. The third-order valence-corrected chi connectivity index (χ3v) is 3.19. The van der Waals surface area contributed by atoms with Crippen molar-refractivity contribution in [1.82, 2.24) is 4.98 Å². The number of rotatable bonds is 3. The Bertz CT molecular complexity index is 299. The van der Waals surface area contributed by atoms with Gasteiger partial charge in [0, 0.05) is 19.0 Å². The van der Waals surface area contributed by atoms with Crippen LogP contribution in [0.2, 0.25) is 0 Å². The van der Waals surface area contributed by atoms with Crippen molar-refractivity contribution < 1.29 is 13.2 Å². The first-order chi connectivity index (χ1) is 6.38. The standard InChI is InChI=1S/C7H8BrF3N2S/c1-13(3-2-7(9,10)11)6-12-5(8)4-14-6/h4H,2-3H2,1H3. The summed E-state index contributed by atoms with van der Waals surface area (Å²) in [6.07, 6.45) is -4.93. The molecule has 7 heteroatoms. The molecule has 0 fully saturated rings. The van der Waals surface area contributed by atoms with Crippen LogP contribution >= 0.6 is 27.3 Å². The molecule has 0 aliphatic rings. The molecule has 0 radical (unpaired) electrons. The summed E-state index contributed by atoms with van der Waals surface area (Å²) in [6.45, 7) is -0.0660. The minimum atomic E-state index is -4.11. The predicted octanol–water partition coefficient (Wildman–Crippen LogP) is 3.29. The smallest absolute Gasteiger partial charge is 0.351 e. The summed E-state index contributed by atoms with van der Waals surface area (Å²) < 4.78 is 36.3. The predicted molar refractivity (Wildman–Crippen MR) is 53.8 cm³/mol. The molecule has 0 atom stereocenters. The Kier molecular flexibility index (Phi) is 3.77. The van der Waals surface area contributed by atoms with Gasteiger partial charge in [-0.05, 0) is 15.9 Å². The largest absolute Gasteiger partial charge is 0.390 e. The minimum absolute atomic E-state index is 0.0660. The SMILES string of the molecule is CN(CCC(F)(F)F)c1nc(Br)cs1. The van der Waals surface area contributed by atoms with E-state index in [4.69, 9.17) is 0 Å². The zero-order chi connectivity index (χ0) is 10.8. The lowest BCUT2D eigenvalue weighted by Gasteiger charge is -2.16. The molecule has 1 aromatic heterocycles. The monoisotopic (exact) mass is 288 g/mol. The zero-order valence-corrected chi connectivity index (χ0v) is 9.71. The van der Waals surface area contributed by atoms with E-state index < -0.39 is 12.6 Å². The quantitative estimate of drug-likeness (QED) is 0.848. The Balaban J connectivity index is 2.47. The highest BCUT2D eigenvalue weighted by atomic mass is 79.9. The van der Waals surface area contributed by atoms with Crippen molar-refractivity contribution in [3.63, 3.8) is 0 Å². The molecule has 1 rings (SSSR count). The van der Waals surface area contributed by atoms with Crippen LogP contribution in [0.4, 0.5) is 18.3 Å². The maximum Gasteiger partial charge on any atom is 0.390 e. The van der Waals surface area contributed by atoms with E-state index in [1.54, 1.807) is 12.4 Å². The first-order valence-corrected chi connectivity index (χ1v) is 5.44. The molecule has 14 heavy (non-hydrogen) atoms. The Morgan fingerprint density at radius 1 is 1.57 bits per heavy atom. The fraction of sp³-hybridized carbons (Fsp3) is 0.571. The summed E-state index contributed by atoms with van der Waals surface area (Å²) in [4.78, 5) is 5.49. The fourth-order valence-electron chi connectivity index (χ4n) is 0.811. The highest BCUT2D eigenvalue weighted by Gasteiger charge is 2.27. The van der Waals surface area contributed by atoms with E-state index in [1.165, 1.54) is 16.2 Å². The minimum Gasteiger partial charge on any atom is -0.351 e. The molecule has 0 saturated heterocycles. The van der Waals surface area contributed by atoms with Gasteiger partial charge in [0.05, 0.1) is 6.42 Å². The van der Waals surface area contributed by atoms with Gasteiger partial charge in [-0.3, -0.25) is 0 Å². The van der Waals surface area contributed by atoms with Crippen LogP contribution in [0.3, 0.4) is 0 Å². The highest BCUT2D eigenvalue weighted by molar-refractivity contribution is 9.10. The average Bonchev–Trinajstić information content (AvgIpc) is 2.46. The third-order valence-electron chi connectivity index (χ3n) is 1.52. The maximum atomic E-state index is 11.9. The number of alkyl halides is 3. The van der Waals surface area contributed by atoms with Gasteiger partial charge >= 0.3 is 6.18 Å². The molecule has 0 aliphatic heterocycles. The molecule has 0 spiro atoms. The molecule has 0 aliphatic carbocycles. The fourth-order valence-corrected chi connectivity index (χ4v) is 2.05. The molecule has 0 aromatic carbocycles. The van der Waals surface area contributed by atoms with Gasteiger partial charge in [0.2, 0.25) is 0 Å². The molecule has 0 saturated carbocycles. The maximum absolute atomic E-state index is 11.9. The van der Waals surface area contributed by atoms with Crippen LogP contribution in [0.1, 0.15) is 6.42 Å². The number of hydrogen-bond acceptors (Lipinski definition) is 3. The van der Waals surface area contributed by atoms with E-state index in [0.717, 1.165) is 0 Å². The van der Waals surface area contributed by atoms with E-state index in [-0.39, 0.29) is 6.54 Å². The second kappa shape index (κ2) is 4.48. The second-order valence-corrected chi connectivity index (χ2v) is 4.39. The molecule has 1 heterocycles. The molecule has 0 N–H and O–H groups in total. The Labute approximate surface area is 91.9 Å². The summed E-state index contributed by atoms with van der Waals surface area (Å²) in [7, 11) is 1.59. The molecule has 0 amide bonds. The second-order valence-electron chi connectivity index (χ2n) is 2.74. The Morgan fingerprint density at radius 3 is 2.64 bits per heavy atom. The highest BCUT2D eigenvalue weighted by Crippen LogP contribution is 2.25. The number of anilines is 1. The van der Waals surface area contributed by atoms with Crippen LogP contribution in [0.5, 0.6) is 0 Å². The van der Waals surface area contributed by atoms with Gasteiger partial charge in [0.1, 0.15) is 4.60 Å². The van der Waals surface area contributed by atoms with Crippen molar-refractivity contribution in [3.8, 4) is 0 Å². The summed E-state index contributed by atoms with van der Waals surface area (Å²) >= 11 is 4.45. The van der Waals surface area contributed by atoms with Crippen molar-refractivity contribution in [2.45, 2.75) is 12.6 Å². The van der Waals surface area contributed by atoms with Gasteiger partial charge in [0.15, 0.2) is 5.13 Å². The van der Waals surface area contributed by atoms with Crippen LogP contribution in [-0.4, -0.2) is 24.8 Å². The van der Waals surface area contributed by atoms with Gasteiger partial charge < -0.3 is 4.90 Å².